The Bertz CT molecular complexity index is 1450. The highest BCUT2D eigenvalue weighted by atomic mass is 19.4. The Morgan fingerprint density at radius 3 is 2.63 bits per heavy atom. The van der Waals surface area contributed by atoms with E-state index in [4.69, 9.17) is 4.74 Å². The van der Waals surface area contributed by atoms with Crippen molar-refractivity contribution in [1.82, 2.24) is 19.6 Å². The van der Waals surface area contributed by atoms with E-state index in [1.54, 1.807) is 12.1 Å². The van der Waals surface area contributed by atoms with Gasteiger partial charge in [0.2, 0.25) is 0 Å². The minimum atomic E-state index is -4.71. The molecule has 1 amide bonds. The van der Waals surface area contributed by atoms with Gasteiger partial charge in [-0.05, 0) is 31.0 Å². The maximum absolute atomic E-state index is 13.6. The van der Waals surface area contributed by atoms with Crippen LogP contribution in [0.2, 0.25) is 0 Å². The fraction of sp³-hybridized carbons (Fsp3) is 0.182. The number of hydrogen-bond acceptors (Lipinski definition) is 7. The number of halogens is 3. The summed E-state index contributed by atoms with van der Waals surface area (Å²) < 4.78 is 47.0. The number of ether oxygens (including phenoxy) is 1. The maximum atomic E-state index is 13.6. The normalized spacial score (nSPS) is 13.6. The molecule has 3 aromatic heterocycles. The molecule has 0 unspecified atom stereocenters. The monoisotopic (exact) mass is 484 g/mol. The van der Waals surface area contributed by atoms with Gasteiger partial charge in [-0.1, -0.05) is 0 Å². The largest absolute Gasteiger partial charge is 0.455 e. The second kappa shape index (κ2) is 8.34. The first kappa shape index (κ1) is 22.3. The predicted molar refractivity (Wildman–Crippen MR) is 115 cm³/mol. The molecular weight excluding hydrogens is 469 g/mol. The Labute approximate surface area is 194 Å². The minimum Gasteiger partial charge on any atom is -0.455 e. The van der Waals surface area contributed by atoms with Gasteiger partial charge >= 0.3 is 6.18 Å². The number of amides is 1. The zero-order chi connectivity index (χ0) is 24.7. The van der Waals surface area contributed by atoms with E-state index in [1.807, 2.05) is 0 Å². The molecule has 0 radical (unpaired) electrons. The van der Waals surface area contributed by atoms with Crippen LogP contribution in [0.15, 0.2) is 55.0 Å². The quantitative estimate of drug-likeness (QED) is 0.302. The molecule has 0 aliphatic heterocycles. The van der Waals surface area contributed by atoms with Crippen molar-refractivity contribution in [2.75, 3.05) is 5.32 Å². The van der Waals surface area contributed by atoms with Gasteiger partial charge in [0.25, 0.3) is 11.6 Å². The number of carbonyl (C=O) groups excluding carboxylic acids is 1. The number of fused-ring (bicyclic) bond motifs is 1. The zero-order valence-electron chi connectivity index (χ0n) is 17.7. The van der Waals surface area contributed by atoms with Crippen LogP contribution < -0.4 is 10.1 Å². The number of hydrogen-bond donors (Lipinski definition) is 1. The van der Waals surface area contributed by atoms with E-state index < -0.39 is 22.7 Å². The first-order chi connectivity index (χ1) is 16.7. The molecule has 1 fully saturated rings. The molecule has 0 saturated heterocycles. The van der Waals surface area contributed by atoms with E-state index in [0.29, 0.717) is 23.1 Å². The first-order valence-electron chi connectivity index (χ1n) is 10.3. The molecule has 4 aromatic rings. The average molecular weight is 484 g/mol. The lowest BCUT2D eigenvalue weighted by Gasteiger charge is -2.11. The van der Waals surface area contributed by atoms with Gasteiger partial charge in [-0.3, -0.25) is 19.9 Å². The lowest BCUT2D eigenvalue weighted by atomic mass is 10.2. The van der Waals surface area contributed by atoms with Gasteiger partial charge in [0.05, 0.1) is 29.1 Å². The number of alkyl halides is 3. The summed E-state index contributed by atoms with van der Waals surface area (Å²) in [5.74, 6) is -0.572. The van der Waals surface area contributed by atoms with Crippen molar-refractivity contribution in [3.05, 3.63) is 82.1 Å². The van der Waals surface area contributed by atoms with E-state index in [-0.39, 0.29) is 39.9 Å². The molecule has 3 heterocycles. The number of nitrogens with one attached hydrogen (secondary N) is 1. The molecule has 35 heavy (non-hydrogen) atoms. The van der Waals surface area contributed by atoms with Crippen LogP contribution in [0, 0.1) is 10.1 Å². The molecule has 1 aromatic carbocycles. The average Bonchev–Trinajstić information content (AvgIpc) is 3.57. The number of carbonyl (C=O) groups is 1. The lowest BCUT2D eigenvalue weighted by Crippen LogP contribution is -2.16. The summed E-state index contributed by atoms with van der Waals surface area (Å²) in [7, 11) is 0. The molecule has 1 N–H and O–H groups in total. The summed E-state index contributed by atoms with van der Waals surface area (Å²) in [4.78, 5) is 31.9. The lowest BCUT2D eigenvalue weighted by molar-refractivity contribution is -0.384. The van der Waals surface area contributed by atoms with E-state index in [2.05, 4.69) is 20.4 Å². The van der Waals surface area contributed by atoms with Gasteiger partial charge in [-0.2, -0.15) is 18.3 Å². The van der Waals surface area contributed by atoms with Crippen molar-refractivity contribution in [2.24, 2.45) is 0 Å². The number of non-ortho nitro benzene ring substituents is 1. The Kier molecular flexibility index (Phi) is 5.30. The minimum absolute atomic E-state index is 0.00293. The summed E-state index contributed by atoms with van der Waals surface area (Å²) in [5, 5.41) is 17.6. The van der Waals surface area contributed by atoms with Crippen molar-refractivity contribution < 1.29 is 27.6 Å². The first-order valence-corrected chi connectivity index (χ1v) is 10.3. The Balaban J connectivity index is 1.50. The van der Waals surface area contributed by atoms with Crippen molar-refractivity contribution in [1.29, 1.82) is 0 Å². The molecule has 0 bridgehead atoms. The van der Waals surface area contributed by atoms with Gasteiger partial charge in [0.15, 0.2) is 5.65 Å². The van der Waals surface area contributed by atoms with Crippen LogP contribution in [0.3, 0.4) is 0 Å². The van der Waals surface area contributed by atoms with Crippen molar-refractivity contribution in [2.45, 2.75) is 24.9 Å². The van der Waals surface area contributed by atoms with Gasteiger partial charge in [-0.25, -0.2) is 9.50 Å². The number of nitro benzene ring substituents is 1. The molecular formula is C22H15F3N6O4. The number of aromatic nitrogens is 4. The number of benzene rings is 1. The molecule has 0 spiro atoms. The second-order valence-electron chi connectivity index (χ2n) is 7.85. The highest BCUT2D eigenvalue weighted by Gasteiger charge is 2.38. The van der Waals surface area contributed by atoms with Crippen molar-refractivity contribution in [3.8, 4) is 11.5 Å². The Hall–Kier alpha value is -4.55. The van der Waals surface area contributed by atoms with Crippen LogP contribution in [-0.2, 0) is 6.18 Å². The predicted octanol–water partition coefficient (Wildman–Crippen LogP) is 4.97. The van der Waals surface area contributed by atoms with Crippen molar-refractivity contribution >= 4 is 22.9 Å². The third kappa shape index (κ3) is 4.60. The van der Waals surface area contributed by atoms with E-state index in [1.165, 1.54) is 18.5 Å². The SMILES string of the molecule is O=C(Nc1cc(Oc2cccnc2)cc([N+](=O)[O-])c1)c1cnn2c(C(F)(F)F)cc(C3CC3)nc12. The fourth-order valence-corrected chi connectivity index (χ4v) is 3.49. The molecule has 13 heteroatoms. The molecule has 1 aliphatic rings. The number of pyridine rings is 1. The molecule has 5 rings (SSSR count). The number of rotatable bonds is 6. The van der Waals surface area contributed by atoms with Crippen LogP contribution in [0.1, 0.15) is 40.5 Å². The smallest absolute Gasteiger partial charge is 0.433 e. The summed E-state index contributed by atoms with van der Waals surface area (Å²) >= 11 is 0. The van der Waals surface area contributed by atoms with E-state index in [9.17, 15) is 28.1 Å². The number of nitro groups is 1. The van der Waals surface area contributed by atoms with Crippen molar-refractivity contribution in [3.63, 3.8) is 0 Å². The van der Waals surface area contributed by atoms with Gasteiger partial charge in [0.1, 0.15) is 22.8 Å². The molecule has 10 nitrogen and oxygen atoms in total. The van der Waals surface area contributed by atoms with Gasteiger partial charge < -0.3 is 10.1 Å². The van der Waals surface area contributed by atoms with Crippen LogP contribution in [0.25, 0.3) is 5.65 Å². The topological polar surface area (TPSA) is 125 Å². The third-order valence-corrected chi connectivity index (χ3v) is 5.25. The maximum Gasteiger partial charge on any atom is 0.433 e. The third-order valence-electron chi connectivity index (χ3n) is 5.25. The van der Waals surface area contributed by atoms with E-state index >= 15 is 0 Å². The van der Waals surface area contributed by atoms with Crippen LogP contribution in [-0.4, -0.2) is 30.4 Å². The highest BCUT2D eigenvalue weighted by Crippen LogP contribution is 2.41. The summed E-state index contributed by atoms with van der Waals surface area (Å²) in [6.45, 7) is 0. The number of nitrogens with zero attached hydrogens (tertiary/aromatic N) is 5. The number of anilines is 1. The fourth-order valence-electron chi connectivity index (χ4n) is 3.49. The van der Waals surface area contributed by atoms with Gasteiger partial charge in [0, 0.05) is 29.9 Å². The summed E-state index contributed by atoms with van der Waals surface area (Å²) in [6, 6.07) is 7.75. The molecule has 1 aliphatic carbocycles. The zero-order valence-corrected chi connectivity index (χ0v) is 17.7. The van der Waals surface area contributed by atoms with Gasteiger partial charge in [-0.15, -0.1) is 0 Å². The second-order valence-corrected chi connectivity index (χ2v) is 7.85. The standard InChI is InChI=1S/C22H15F3N6O4/c23-22(24,25)19-9-18(12-3-4-12)29-20-17(11-27-30(19)20)21(32)28-13-6-14(31(33)34)8-16(7-13)35-15-2-1-5-26-10-15/h1-2,5-12H,3-4H2,(H,28,32). The van der Waals surface area contributed by atoms with Crippen LogP contribution in [0.5, 0.6) is 11.5 Å². The van der Waals surface area contributed by atoms with Crippen LogP contribution >= 0.6 is 0 Å². The molecule has 1 saturated carbocycles. The highest BCUT2D eigenvalue weighted by molar-refractivity contribution is 6.08. The Morgan fingerprint density at radius 1 is 1.17 bits per heavy atom. The molecule has 178 valence electrons. The Morgan fingerprint density at radius 2 is 1.97 bits per heavy atom. The molecule has 0 atom stereocenters. The van der Waals surface area contributed by atoms with Crippen LogP contribution in [0.4, 0.5) is 24.5 Å². The summed E-state index contributed by atoms with van der Waals surface area (Å²) in [5.41, 5.74) is -1.63. The summed E-state index contributed by atoms with van der Waals surface area (Å²) in [6.07, 6.45) is 0.622. The van der Waals surface area contributed by atoms with E-state index in [0.717, 1.165) is 24.4 Å².